The molecule has 2 aromatic heterocycles. The van der Waals surface area contributed by atoms with E-state index < -0.39 is 0 Å². The maximum atomic E-state index is 6.71. The molecule has 3 heterocycles. The summed E-state index contributed by atoms with van der Waals surface area (Å²) >= 11 is 6.71. The van der Waals surface area contributed by atoms with Crippen LogP contribution in [0.15, 0.2) is 6.07 Å². The van der Waals surface area contributed by atoms with Gasteiger partial charge in [0, 0.05) is 30.4 Å². The van der Waals surface area contributed by atoms with E-state index in [1.165, 1.54) is 0 Å². The van der Waals surface area contributed by atoms with Crippen molar-refractivity contribution in [2.24, 2.45) is 5.92 Å². The largest absolute Gasteiger partial charge is 0.349 e. The molecule has 0 saturated carbocycles. The lowest BCUT2D eigenvalue weighted by molar-refractivity contribution is 0.481. The van der Waals surface area contributed by atoms with Crippen LogP contribution in [0.4, 0.5) is 5.82 Å². The number of halogens is 1. The monoisotopic (exact) mass is 347 g/mol. The van der Waals surface area contributed by atoms with E-state index in [2.05, 4.69) is 46.8 Å². The molecule has 1 fully saturated rings. The Labute approximate surface area is 149 Å². The molecule has 1 saturated heterocycles. The van der Waals surface area contributed by atoms with Crippen molar-refractivity contribution < 1.29 is 0 Å². The second-order valence-electron chi connectivity index (χ2n) is 7.13. The molecule has 0 spiro atoms. The summed E-state index contributed by atoms with van der Waals surface area (Å²) in [6, 6.07) is 2.31. The van der Waals surface area contributed by atoms with E-state index in [1.54, 1.807) is 0 Å². The molecule has 0 radical (unpaired) electrons. The van der Waals surface area contributed by atoms with Crippen molar-refractivity contribution in [3.05, 3.63) is 34.0 Å². The van der Waals surface area contributed by atoms with Gasteiger partial charge in [0.1, 0.15) is 16.8 Å². The fourth-order valence-corrected chi connectivity index (χ4v) is 3.97. The number of rotatable bonds is 4. The van der Waals surface area contributed by atoms with Crippen LogP contribution in [0.1, 0.15) is 55.5 Å². The average Bonchev–Trinajstić information content (AvgIpc) is 3.03. The van der Waals surface area contributed by atoms with Crippen LogP contribution in [0.25, 0.3) is 0 Å². The highest BCUT2D eigenvalue weighted by Crippen LogP contribution is 2.40. The Morgan fingerprint density at radius 1 is 1.25 bits per heavy atom. The zero-order valence-electron chi connectivity index (χ0n) is 15.2. The first-order chi connectivity index (χ1) is 11.4. The molecular formula is C18H26ClN5. The van der Waals surface area contributed by atoms with Crippen molar-refractivity contribution in [1.29, 1.82) is 0 Å². The first-order valence-corrected chi connectivity index (χ1v) is 9.06. The predicted molar refractivity (Wildman–Crippen MR) is 97.6 cm³/mol. The van der Waals surface area contributed by atoms with Crippen molar-refractivity contribution in [2.75, 3.05) is 11.4 Å². The van der Waals surface area contributed by atoms with Crippen LogP contribution in [0, 0.1) is 26.7 Å². The normalized spacial score (nSPS) is 18.0. The lowest BCUT2D eigenvalue weighted by Crippen LogP contribution is -2.24. The summed E-state index contributed by atoms with van der Waals surface area (Å²) in [6.45, 7) is 12.2. The molecule has 24 heavy (non-hydrogen) atoms. The molecule has 0 amide bonds. The van der Waals surface area contributed by atoms with Crippen LogP contribution in [-0.4, -0.2) is 26.3 Å². The van der Waals surface area contributed by atoms with Gasteiger partial charge in [0.05, 0.1) is 11.7 Å². The van der Waals surface area contributed by atoms with Crippen LogP contribution in [-0.2, 0) is 6.54 Å². The second kappa shape index (κ2) is 6.71. The lowest BCUT2D eigenvalue weighted by Gasteiger charge is -2.26. The summed E-state index contributed by atoms with van der Waals surface area (Å²) in [5, 5.41) is 5.46. The molecular weight excluding hydrogens is 322 g/mol. The molecule has 0 bridgehead atoms. The Hall–Kier alpha value is -1.62. The van der Waals surface area contributed by atoms with Crippen LogP contribution in [0.2, 0.25) is 5.15 Å². The Bertz CT molecular complexity index is 717. The highest BCUT2D eigenvalue weighted by Gasteiger charge is 2.32. The maximum absolute atomic E-state index is 6.71. The van der Waals surface area contributed by atoms with Crippen LogP contribution >= 0.6 is 11.6 Å². The van der Waals surface area contributed by atoms with E-state index in [4.69, 9.17) is 11.6 Å². The third-order valence-corrected chi connectivity index (χ3v) is 4.88. The van der Waals surface area contributed by atoms with Crippen molar-refractivity contribution in [3.8, 4) is 0 Å². The van der Waals surface area contributed by atoms with Gasteiger partial charge in [0.2, 0.25) is 0 Å². The molecule has 3 rings (SSSR count). The van der Waals surface area contributed by atoms with Gasteiger partial charge in [0.15, 0.2) is 0 Å². The first kappa shape index (κ1) is 17.2. The van der Waals surface area contributed by atoms with Crippen LogP contribution < -0.4 is 4.90 Å². The molecule has 2 aromatic rings. The third kappa shape index (κ3) is 3.27. The van der Waals surface area contributed by atoms with Gasteiger partial charge in [-0.2, -0.15) is 5.10 Å². The smallest absolute Gasteiger partial charge is 0.133 e. The van der Waals surface area contributed by atoms with Gasteiger partial charge < -0.3 is 4.90 Å². The van der Waals surface area contributed by atoms with Crippen molar-refractivity contribution in [3.63, 3.8) is 0 Å². The topological polar surface area (TPSA) is 46.8 Å². The van der Waals surface area contributed by atoms with Gasteiger partial charge in [-0.15, -0.1) is 0 Å². The average molecular weight is 348 g/mol. The lowest BCUT2D eigenvalue weighted by atomic mass is 10.1. The summed E-state index contributed by atoms with van der Waals surface area (Å²) < 4.78 is 1.95. The number of anilines is 1. The minimum absolute atomic E-state index is 0.243. The first-order valence-electron chi connectivity index (χ1n) is 8.68. The Kier molecular flexibility index (Phi) is 4.81. The molecule has 1 atom stereocenters. The zero-order chi connectivity index (χ0) is 17.4. The van der Waals surface area contributed by atoms with E-state index in [1.807, 2.05) is 18.5 Å². The Balaban J connectivity index is 1.98. The summed E-state index contributed by atoms with van der Waals surface area (Å²) in [5.74, 6) is 2.32. The van der Waals surface area contributed by atoms with Gasteiger partial charge in [-0.25, -0.2) is 9.97 Å². The number of nitrogens with zero attached hydrogens (tertiary/aromatic N) is 5. The van der Waals surface area contributed by atoms with Gasteiger partial charge in [-0.1, -0.05) is 25.4 Å². The van der Waals surface area contributed by atoms with Gasteiger partial charge in [-0.05, 0) is 39.5 Å². The number of hydrogen-bond acceptors (Lipinski definition) is 4. The Morgan fingerprint density at radius 3 is 2.67 bits per heavy atom. The van der Waals surface area contributed by atoms with Crippen molar-refractivity contribution >= 4 is 17.4 Å². The summed E-state index contributed by atoms with van der Waals surface area (Å²) in [7, 11) is 0. The number of aryl methyl sites for hydroxylation is 3. The molecule has 5 nitrogen and oxygen atoms in total. The molecule has 0 N–H and O–H groups in total. The summed E-state index contributed by atoms with van der Waals surface area (Å²) in [6.07, 6.45) is 2.22. The maximum Gasteiger partial charge on any atom is 0.133 e. The van der Waals surface area contributed by atoms with Crippen LogP contribution in [0.5, 0.6) is 0 Å². The predicted octanol–water partition coefficient (Wildman–Crippen LogP) is 4.25. The van der Waals surface area contributed by atoms with Crippen LogP contribution in [0.3, 0.4) is 0 Å². The SMILES string of the molecule is Cc1cc(N2CCCC2c2c(C)nn(CC(C)C)c2Cl)nc(C)n1. The number of aromatic nitrogens is 4. The van der Waals surface area contributed by atoms with E-state index in [0.29, 0.717) is 5.92 Å². The van der Waals surface area contributed by atoms with E-state index in [0.717, 1.165) is 59.7 Å². The van der Waals surface area contributed by atoms with E-state index >= 15 is 0 Å². The molecule has 130 valence electrons. The van der Waals surface area contributed by atoms with Crippen molar-refractivity contribution in [1.82, 2.24) is 19.7 Å². The fraction of sp³-hybridized carbons (Fsp3) is 0.611. The van der Waals surface area contributed by atoms with Gasteiger partial charge in [0.25, 0.3) is 0 Å². The number of hydrogen-bond donors (Lipinski definition) is 0. The van der Waals surface area contributed by atoms with Crippen molar-refractivity contribution in [2.45, 2.75) is 60.0 Å². The summed E-state index contributed by atoms with van der Waals surface area (Å²) in [5.41, 5.74) is 3.19. The Morgan fingerprint density at radius 2 is 2.00 bits per heavy atom. The minimum Gasteiger partial charge on any atom is -0.349 e. The molecule has 0 aromatic carbocycles. The molecule has 0 aliphatic carbocycles. The molecule has 1 aliphatic heterocycles. The quantitative estimate of drug-likeness (QED) is 0.829. The van der Waals surface area contributed by atoms with Gasteiger partial charge >= 0.3 is 0 Å². The standard InChI is InChI=1S/C18H26ClN5/c1-11(2)10-24-18(19)17(13(4)22-24)15-7-6-8-23(15)16-9-12(3)20-14(5)21-16/h9,11,15H,6-8,10H2,1-5H3. The highest BCUT2D eigenvalue weighted by atomic mass is 35.5. The van der Waals surface area contributed by atoms with E-state index in [9.17, 15) is 0 Å². The van der Waals surface area contributed by atoms with E-state index in [-0.39, 0.29) is 6.04 Å². The second-order valence-corrected chi connectivity index (χ2v) is 7.49. The zero-order valence-corrected chi connectivity index (χ0v) is 15.9. The molecule has 1 aliphatic rings. The summed E-state index contributed by atoms with van der Waals surface area (Å²) in [4.78, 5) is 11.4. The molecule has 1 unspecified atom stereocenters. The highest BCUT2D eigenvalue weighted by molar-refractivity contribution is 6.30. The van der Waals surface area contributed by atoms with Gasteiger partial charge in [-0.3, -0.25) is 4.68 Å². The fourth-order valence-electron chi connectivity index (χ4n) is 3.60. The minimum atomic E-state index is 0.243. The third-order valence-electron chi connectivity index (χ3n) is 4.48. The molecule has 6 heteroatoms.